The third kappa shape index (κ3) is 6.35. The van der Waals surface area contributed by atoms with Crippen molar-refractivity contribution in [2.75, 3.05) is 9.80 Å². The van der Waals surface area contributed by atoms with Crippen molar-refractivity contribution in [3.8, 4) is 16.8 Å². The molecule has 0 atom stereocenters. The molecule has 0 fully saturated rings. The molecule has 13 rings (SSSR count). The number of nitrogens with zero attached hydrogens (tertiary/aromatic N) is 3. The van der Waals surface area contributed by atoms with Crippen molar-refractivity contribution in [2.45, 2.75) is 0 Å². The second-order valence-corrected chi connectivity index (χ2v) is 17.3. The first-order valence-corrected chi connectivity index (χ1v) is 23.0. The van der Waals surface area contributed by atoms with E-state index < -0.39 is 0 Å². The Morgan fingerprint density at radius 3 is 1.21 bits per heavy atom. The summed E-state index contributed by atoms with van der Waals surface area (Å²) in [6, 6.07) is 95.2. The molecule has 0 radical (unpaired) electrons. The molecule has 0 amide bonds. The lowest BCUT2D eigenvalue weighted by Crippen LogP contribution is -2.11. The van der Waals surface area contributed by atoms with Crippen LogP contribution in [0.2, 0.25) is 0 Å². The minimum Gasteiger partial charge on any atom is -0.310 e. The second-order valence-electron chi connectivity index (χ2n) is 17.3. The standard InChI is InChI=1S/C64H43N3/c1-4-22-46(23-5-1)63-55-40-38-50(66(48-28-8-3-9-29-48)60-37-19-25-45-21-11-13-31-52(45)60)43-58(55)64(67-61-34-16-14-32-53(61)54-33-15-17-35-62(54)67)56-41-39-49(42-57(56)63)65(47-26-6-2-7-27-47)59-36-18-24-44-20-10-12-30-51(44)59/h1-43H. The molecule has 1 heterocycles. The topological polar surface area (TPSA) is 11.4 Å². The van der Waals surface area contributed by atoms with Gasteiger partial charge in [0, 0.05) is 55.1 Å². The van der Waals surface area contributed by atoms with Gasteiger partial charge in [-0.25, -0.2) is 0 Å². The van der Waals surface area contributed by atoms with Crippen LogP contribution in [0.3, 0.4) is 0 Å². The van der Waals surface area contributed by atoms with Crippen molar-refractivity contribution < 1.29 is 0 Å². The summed E-state index contributed by atoms with van der Waals surface area (Å²) in [6.45, 7) is 0. The molecule has 13 aromatic rings. The molecule has 1 aromatic heterocycles. The lowest BCUT2D eigenvalue weighted by molar-refractivity contribution is 1.21. The zero-order valence-electron chi connectivity index (χ0n) is 36.7. The van der Waals surface area contributed by atoms with Crippen molar-refractivity contribution >= 4 is 99.0 Å². The molecule has 0 saturated heterocycles. The summed E-state index contributed by atoms with van der Waals surface area (Å²) in [5.41, 5.74) is 12.5. The highest BCUT2D eigenvalue weighted by Crippen LogP contribution is 2.49. The smallest absolute Gasteiger partial charge is 0.0620 e. The number of benzene rings is 12. The van der Waals surface area contributed by atoms with Crippen LogP contribution in [0.15, 0.2) is 261 Å². The van der Waals surface area contributed by atoms with Gasteiger partial charge in [-0.15, -0.1) is 0 Å². The van der Waals surface area contributed by atoms with Crippen LogP contribution in [-0.2, 0) is 0 Å². The van der Waals surface area contributed by atoms with Gasteiger partial charge in [-0.05, 0) is 105 Å². The Kier molecular flexibility index (Phi) is 9.17. The molecule has 0 aliphatic heterocycles. The predicted octanol–water partition coefficient (Wildman–Crippen LogP) is 18.0. The van der Waals surface area contributed by atoms with Crippen molar-refractivity contribution in [3.05, 3.63) is 261 Å². The van der Waals surface area contributed by atoms with Gasteiger partial charge in [0.05, 0.1) is 28.1 Å². The van der Waals surface area contributed by atoms with E-state index in [-0.39, 0.29) is 0 Å². The molecule has 0 unspecified atom stereocenters. The number of anilines is 6. The van der Waals surface area contributed by atoms with Crippen LogP contribution in [0, 0.1) is 0 Å². The molecule has 0 bridgehead atoms. The molecule has 0 saturated carbocycles. The van der Waals surface area contributed by atoms with Crippen molar-refractivity contribution in [1.82, 2.24) is 4.57 Å². The normalized spacial score (nSPS) is 11.6. The van der Waals surface area contributed by atoms with E-state index in [9.17, 15) is 0 Å². The Balaban J connectivity index is 1.18. The maximum Gasteiger partial charge on any atom is 0.0620 e. The zero-order valence-corrected chi connectivity index (χ0v) is 36.7. The summed E-state index contributed by atoms with van der Waals surface area (Å²) in [5, 5.41) is 11.9. The molecular formula is C64H43N3. The van der Waals surface area contributed by atoms with Gasteiger partial charge in [-0.1, -0.05) is 188 Å². The summed E-state index contributed by atoms with van der Waals surface area (Å²) in [6.07, 6.45) is 0. The first-order chi connectivity index (χ1) is 33.3. The maximum atomic E-state index is 2.53. The average molecular weight is 854 g/mol. The number of hydrogen-bond donors (Lipinski definition) is 0. The average Bonchev–Trinajstić information content (AvgIpc) is 3.73. The fraction of sp³-hybridized carbons (Fsp3) is 0. The van der Waals surface area contributed by atoms with E-state index >= 15 is 0 Å². The summed E-state index contributed by atoms with van der Waals surface area (Å²) in [5.74, 6) is 0. The van der Waals surface area contributed by atoms with Crippen molar-refractivity contribution in [3.63, 3.8) is 0 Å². The highest BCUT2D eigenvalue weighted by Gasteiger charge is 2.25. The predicted molar refractivity (Wildman–Crippen MR) is 286 cm³/mol. The molecule has 0 aliphatic rings. The number of para-hydroxylation sites is 4. The Hall–Kier alpha value is -8.92. The summed E-state index contributed by atoms with van der Waals surface area (Å²) >= 11 is 0. The molecule has 3 nitrogen and oxygen atoms in total. The van der Waals surface area contributed by atoms with E-state index in [1.54, 1.807) is 0 Å². The Bertz CT molecular complexity index is 3920. The van der Waals surface area contributed by atoms with Gasteiger partial charge >= 0.3 is 0 Å². The molecule has 0 aliphatic carbocycles. The zero-order chi connectivity index (χ0) is 44.3. The van der Waals surface area contributed by atoms with Crippen LogP contribution < -0.4 is 9.80 Å². The number of hydrogen-bond acceptors (Lipinski definition) is 2. The minimum atomic E-state index is 1.08. The maximum absolute atomic E-state index is 2.53. The Morgan fingerprint density at radius 1 is 0.254 bits per heavy atom. The van der Waals surface area contributed by atoms with Crippen molar-refractivity contribution in [1.29, 1.82) is 0 Å². The highest BCUT2D eigenvalue weighted by atomic mass is 15.1. The Labute approximate surface area is 389 Å². The molecule has 0 spiro atoms. The van der Waals surface area contributed by atoms with Gasteiger partial charge in [-0.3, -0.25) is 0 Å². The molecule has 3 heteroatoms. The number of fused-ring (bicyclic) bond motifs is 7. The van der Waals surface area contributed by atoms with Crippen molar-refractivity contribution in [2.24, 2.45) is 0 Å². The first-order valence-electron chi connectivity index (χ1n) is 23.0. The van der Waals surface area contributed by atoms with E-state index in [2.05, 4.69) is 275 Å². The molecule has 67 heavy (non-hydrogen) atoms. The van der Waals surface area contributed by atoms with Crippen LogP contribution in [0.1, 0.15) is 0 Å². The van der Waals surface area contributed by atoms with Gasteiger partial charge in [-0.2, -0.15) is 0 Å². The minimum absolute atomic E-state index is 1.08. The van der Waals surface area contributed by atoms with Gasteiger partial charge in [0.1, 0.15) is 0 Å². The van der Waals surface area contributed by atoms with Gasteiger partial charge in [0.25, 0.3) is 0 Å². The number of aromatic nitrogens is 1. The third-order valence-electron chi connectivity index (χ3n) is 13.5. The fourth-order valence-electron chi connectivity index (χ4n) is 10.6. The van der Waals surface area contributed by atoms with Gasteiger partial charge in [0.15, 0.2) is 0 Å². The molecule has 0 N–H and O–H groups in total. The van der Waals surface area contributed by atoms with E-state index in [1.165, 1.54) is 76.0 Å². The lowest BCUT2D eigenvalue weighted by atomic mass is 9.89. The fourth-order valence-corrected chi connectivity index (χ4v) is 10.6. The van der Waals surface area contributed by atoms with Crippen LogP contribution in [0.5, 0.6) is 0 Å². The van der Waals surface area contributed by atoms with E-state index in [1.807, 2.05) is 0 Å². The Morgan fingerprint density at radius 2 is 0.672 bits per heavy atom. The highest BCUT2D eigenvalue weighted by molar-refractivity contribution is 6.22. The molecular weight excluding hydrogens is 811 g/mol. The lowest BCUT2D eigenvalue weighted by Gasteiger charge is -2.29. The number of rotatable bonds is 8. The monoisotopic (exact) mass is 853 g/mol. The summed E-state index contributed by atoms with van der Waals surface area (Å²) in [7, 11) is 0. The first kappa shape index (κ1) is 38.5. The largest absolute Gasteiger partial charge is 0.310 e. The second kappa shape index (κ2) is 16.0. The van der Waals surface area contributed by atoms with E-state index in [0.29, 0.717) is 0 Å². The van der Waals surface area contributed by atoms with Gasteiger partial charge < -0.3 is 14.4 Å². The third-order valence-corrected chi connectivity index (χ3v) is 13.5. The summed E-state index contributed by atoms with van der Waals surface area (Å²) in [4.78, 5) is 4.85. The van der Waals surface area contributed by atoms with Crippen LogP contribution >= 0.6 is 0 Å². The molecule has 12 aromatic carbocycles. The van der Waals surface area contributed by atoms with Gasteiger partial charge in [0.2, 0.25) is 0 Å². The van der Waals surface area contributed by atoms with E-state index in [4.69, 9.17) is 0 Å². The quantitative estimate of drug-likeness (QED) is 0.141. The molecule has 314 valence electrons. The summed E-state index contributed by atoms with van der Waals surface area (Å²) < 4.78 is 2.53. The van der Waals surface area contributed by atoms with Crippen LogP contribution in [0.25, 0.3) is 81.7 Å². The van der Waals surface area contributed by atoms with Crippen LogP contribution in [-0.4, -0.2) is 4.57 Å². The van der Waals surface area contributed by atoms with Crippen LogP contribution in [0.4, 0.5) is 34.1 Å². The van der Waals surface area contributed by atoms with E-state index in [0.717, 1.165) is 39.8 Å². The SMILES string of the molecule is c1ccc(-c2c3cc(N(c4ccccc4)c4cccc5ccccc45)ccc3c(-n3c4ccccc4c4ccccc43)c3cc(N(c4ccccc4)c4cccc5ccccc45)ccc23)cc1.